The molecule has 0 saturated heterocycles. The predicted octanol–water partition coefficient (Wildman–Crippen LogP) is 4.89. The molecule has 5 heteroatoms. The number of carbonyl (C=O) groups excluding carboxylic acids is 1. The second-order valence-electron chi connectivity index (χ2n) is 7.83. The van der Waals surface area contributed by atoms with Crippen LogP contribution in [0.5, 0.6) is 11.6 Å². The molecule has 1 heterocycles. The number of ether oxygens (including phenoxy) is 1. The first-order valence-corrected chi connectivity index (χ1v) is 10.3. The van der Waals surface area contributed by atoms with Crippen molar-refractivity contribution in [2.45, 2.75) is 44.7 Å². The Kier molecular flexibility index (Phi) is 5.76. The lowest BCUT2D eigenvalue weighted by molar-refractivity contribution is 0.1000. The first-order valence-electron chi connectivity index (χ1n) is 10.3. The fourth-order valence-corrected chi connectivity index (χ4v) is 4.18. The third-order valence-electron chi connectivity index (χ3n) is 5.83. The lowest BCUT2D eigenvalue weighted by Gasteiger charge is -2.31. The van der Waals surface area contributed by atoms with Gasteiger partial charge in [0.25, 0.3) is 0 Å². The van der Waals surface area contributed by atoms with Gasteiger partial charge in [-0.05, 0) is 43.0 Å². The van der Waals surface area contributed by atoms with Gasteiger partial charge in [-0.2, -0.15) is 0 Å². The maximum Gasteiger partial charge on any atom is 0.250 e. The van der Waals surface area contributed by atoms with Crippen molar-refractivity contribution >= 4 is 16.7 Å². The minimum atomic E-state index is -0.499. The highest BCUT2D eigenvalue weighted by Crippen LogP contribution is 2.33. The monoisotopic (exact) mass is 389 g/mol. The van der Waals surface area contributed by atoms with Crippen LogP contribution in [0, 0.1) is 0 Å². The Morgan fingerprint density at radius 1 is 1.07 bits per heavy atom. The van der Waals surface area contributed by atoms with Crippen molar-refractivity contribution in [3.05, 3.63) is 65.9 Å². The van der Waals surface area contributed by atoms with Crippen LogP contribution < -0.4 is 10.5 Å². The SMILES string of the molecule is CN(Cc1ccc(Oc2ccc(C(N)=O)cn2)c2ccccc12)C1CCCCC1. The largest absolute Gasteiger partial charge is 0.438 e. The van der Waals surface area contributed by atoms with Crippen molar-refractivity contribution < 1.29 is 9.53 Å². The molecule has 0 atom stereocenters. The molecule has 1 aliphatic rings. The average molecular weight is 389 g/mol. The van der Waals surface area contributed by atoms with Gasteiger partial charge in [0.15, 0.2) is 0 Å². The topological polar surface area (TPSA) is 68.5 Å². The molecular weight excluding hydrogens is 362 g/mol. The highest BCUT2D eigenvalue weighted by atomic mass is 16.5. The van der Waals surface area contributed by atoms with Crippen molar-refractivity contribution in [3.63, 3.8) is 0 Å². The highest BCUT2D eigenvalue weighted by molar-refractivity contribution is 5.92. The maximum absolute atomic E-state index is 11.2. The van der Waals surface area contributed by atoms with Crippen molar-refractivity contribution in [2.24, 2.45) is 5.73 Å². The number of fused-ring (bicyclic) bond motifs is 1. The van der Waals surface area contributed by atoms with E-state index in [0.29, 0.717) is 17.5 Å². The van der Waals surface area contributed by atoms with Crippen LogP contribution >= 0.6 is 0 Å². The summed E-state index contributed by atoms with van der Waals surface area (Å²) in [5.41, 5.74) is 6.95. The van der Waals surface area contributed by atoms with Crippen LogP contribution in [-0.4, -0.2) is 28.9 Å². The summed E-state index contributed by atoms with van der Waals surface area (Å²) >= 11 is 0. The molecule has 1 aliphatic carbocycles. The van der Waals surface area contributed by atoms with E-state index in [1.54, 1.807) is 12.1 Å². The summed E-state index contributed by atoms with van der Waals surface area (Å²) < 4.78 is 6.03. The summed E-state index contributed by atoms with van der Waals surface area (Å²) in [5, 5.41) is 2.25. The summed E-state index contributed by atoms with van der Waals surface area (Å²) in [5.74, 6) is 0.692. The molecular formula is C24H27N3O2. The van der Waals surface area contributed by atoms with E-state index in [2.05, 4.69) is 41.2 Å². The van der Waals surface area contributed by atoms with Crippen molar-refractivity contribution in [3.8, 4) is 11.6 Å². The van der Waals surface area contributed by atoms with E-state index in [-0.39, 0.29) is 0 Å². The average Bonchev–Trinajstić information content (AvgIpc) is 2.76. The van der Waals surface area contributed by atoms with Crippen LogP contribution in [0.4, 0.5) is 0 Å². The van der Waals surface area contributed by atoms with E-state index in [1.807, 2.05) is 12.1 Å². The van der Waals surface area contributed by atoms with Gasteiger partial charge in [0.1, 0.15) is 5.75 Å². The Balaban J connectivity index is 1.58. The molecule has 5 nitrogen and oxygen atoms in total. The standard InChI is InChI=1S/C24H27N3O2/c1-27(19-7-3-2-4-8-19)16-18-11-13-22(21-10-6-5-9-20(18)21)29-23-14-12-17(15-26-23)24(25)28/h5-6,9-15,19H,2-4,7-8,16H2,1H3,(H2,25,28). The van der Waals surface area contributed by atoms with E-state index in [1.165, 1.54) is 49.3 Å². The summed E-state index contributed by atoms with van der Waals surface area (Å²) in [7, 11) is 2.24. The zero-order valence-corrected chi connectivity index (χ0v) is 16.8. The predicted molar refractivity (Wildman–Crippen MR) is 115 cm³/mol. The van der Waals surface area contributed by atoms with Crippen molar-refractivity contribution in [1.82, 2.24) is 9.88 Å². The van der Waals surface area contributed by atoms with Crippen molar-refractivity contribution in [1.29, 1.82) is 0 Å². The fraction of sp³-hybridized carbons (Fsp3) is 0.333. The molecule has 1 aromatic heterocycles. The first kappa shape index (κ1) is 19.4. The number of amides is 1. The highest BCUT2D eigenvalue weighted by Gasteiger charge is 2.19. The van der Waals surface area contributed by atoms with Gasteiger partial charge in [-0.1, -0.05) is 49.6 Å². The summed E-state index contributed by atoms with van der Waals surface area (Å²) in [4.78, 5) is 17.9. The lowest BCUT2D eigenvalue weighted by atomic mass is 9.94. The molecule has 0 bridgehead atoms. The van der Waals surface area contributed by atoms with Gasteiger partial charge in [-0.3, -0.25) is 9.69 Å². The number of carbonyl (C=O) groups is 1. The number of aromatic nitrogens is 1. The third-order valence-corrected chi connectivity index (χ3v) is 5.83. The number of hydrogen-bond donors (Lipinski definition) is 1. The Bertz CT molecular complexity index is 995. The van der Waals surface area contributed by atoms with E-state index in [9.17, 15) is 4.79 Å². The molecule has 1 saturated carbocycles. The zero-order chi connectivity index (χ0) is 20.2. The number of nitrogens with two attached hydrogens (primary N) is 1. The minimum absolute atomic E-state index is 0.364. The maximum atomic E-state index is 11.2. The van der Waals surface area contributed by atoms with Gasteiger partial charge < -0.3 is 10.5 Å². The van der Waals surface area contributed by atoms with Gasteiger partial charge >= 0.3 is 0 Å². The second kappa shape index (κ2) is 8.62. The molecule has 0 spiro atoms. The molecule has 2 N–H and O–H groups in total. The van der Waals surface area contributed by atoms with E-state index < -0.39 is 5.91 Å². The van der Waals surface area contributed by atoms with Gasteiger partial charge in [0, 0.05) is 30.2 Å². The van der Waals surface area contributed by atoms with Crippen LogP contribution in [0.15, 0.2) is 54.7 Å². The van der Waals surface area contributed by atoms with Crippen LogP contribution in [0.3, 0.4) is 0 Å². The molecule has 150 valence electrons. The Morgan fingerprint density at radius 2 is 1.83 bits per heavy atom. The molecule has 0 radical (unpaired) electrons. The van der Waals surface area contributed by atoms with Gasteiger partial charge in [-0.25, -0.2) is 4.98 Å². The van der Waals surface area contributed by atoms with Crippen LogP contribution in [0.2, 0.25) is 0 Å². The minimum Gasteiger partial charge on any atom is -0.438 e. The quantitative estimate of drug-likeness (QED) is 0.652. The van der Waals surface area contributed by atoms with E-state index in [0.717, 1.165) is 17.7 Å². The summed E-state index contributed by atoms with van der Waals surface area (Å²) in [6, 6.07) is 16.4. The molecule has 4 rings (SSSR count). The van der Waals surface area contributed by atoms with E-state index in [4.69, 9.17) is 10.5 Å². The molecule has 0 unspecified atom stereocenters. The first-order chi connectivity index (χ1) is 14.1. The molecule has 29 heavy (non-hydrogen) atoms. The third kappa shape index (κ3) is 4.40. The molecule has 1 fully saturated rings. The second-order valence-corrected chi connectivity index (χ2v) is 7.83. The number of primary amides is 1. The number of nitrogens with zero attached hydrogens (tertiary/aromatic N) is 2. The van der Waals surface area contributed by atoms with Crippen LogP contribution in [0.25, 0.3) is 10.8 Å². The van der Waals surface area contributed by atoms with Gasteiger partial charge in [0.2, 0.25) is 11.8 Å². The number of rotatable bonds is 6. The number of hydrogen-bond acceptors (Lipinski definition) is 4. The summed E-state index contributed by atoms with van der Waals surface area (Å²) in [6.45, 7) is 0.928. The summed E-state index contributed by atoms with van der Waals surface area (Å²) in [6.07, 6.45) is 8.07. The van der Waals surface area contributed by atoms with Crippen LogP contribution in [-0.2, 0) is 6.54 Å². The van der Waals surface area contributed by atoms with E-state index >= 15 is 0 Å². The Hall–Kier alpha value is -2.92. The van der Waals surface area contributed by atoms with Crippen molar-refractivity contribution in [2.75, 3.05) is 7.05 Å². The number of benzene rings is 2. The van der Waals surface area contributed by atoms with Crippen LogP contribution in [0.1, 0.15) is 48.0 Å². The molecule has 0 aliphatic heterocycles. The molecule has 3 aromatic rings. The van der Waals surface area contributed by atoms with Gasteiger partial charge in [-0.15, -0.1) is 0 Å². The molecule has 1 amide bonds. The Morgan fingerprint density at radius 3 is 2.52 bits per heavy atom. The fourth-order valence-electron chi connectivity index (χ4n) is 4.18. The Labute approximate surface area is 171 Å². The zero-order valence-electron chi connectivity index (χ0n) is 16.8. The number of pyridine rings is 1. The lowest BCUT2D eigenvalue weighted by Crippen LogP contribution is -2.32. The van der Waals surface area contributed by atoms with Gasteiger partial charge in [0.05, 0.1) is 5.56 Å². The smallest absolute Gasteiger partial charge is 0.250 e. The molecule has 2 aromatic carbocycles. The normalized spacial score (nSPS) is 15.0.